The van der Waals surface area contributed by atoms with Gasteiger partial charge in [0, 0.05) is 16.9 Å². The summed E-state index contributed by atoms with van der Waals surface area (Å²) in [6, 6.07) is 11.7. The fourth-order valence-corrected chi connectivity index (χ4v) is 2.72. The third-order valence-electron chi connectivity index (χ3n) is 3.78. The molecule has 0 saturated heterocycles. The first-order valence-corrected chi connectivity index (χ1v) is 7.06. The molecule has 0 atom stereocenters. The van der Waals surface area contributed by atoms with Crippen molar-refractivity contribution in [2.75, 3.05) is 5.73 Å². The molecule has 1 aliphatic carbocycles. The Morgan fingerprint density at radius 2 is 2.05 bits per heavy atom. The second-order valence-electron chi connectivity index (χ2n) is 5.27. The molecule has 2 N–H and O–H groups in total. The van der Waals surface area contributed by atoms with Crippen molar-refractivity contribution in [3.8, 4) is 17.2 Å². The predicted molar refractivity (Wildman–Crippen MR) is 81.0 cm³/mol. The standard InChI is InChI=1S/C16H15N5/c17-13-5-1-4-12(9-13)16-18-10-21(20-16)15-8-7-11-3-2-6-14(11)19-15/h1,4-5,7-10H,2-3,6,17H2. The van der Waals surface area contributed by atoms with Gasteiger partial charge in [0.25, 0.3) is 0 Å². The van der Waals surface area contributed by atoms with Gasteiger partial charge in [-0.1, -0.05) is 18.2 Å². The zero-order chi connectivity index (χ0) is 14.2. The lowest BCUT2D eigenvalue weighted by Gasteiger charge is -2.03. The SMILES string of the molecule is Nc1cccc(-c2ncn(-c3ccc4c(n3)CCC4)n2)c1. The van der Waals surface area contributed by atoms with Crippen molar-refractivity contribution in [2.45, 2.75) is 19.3 Å². The van der Waals surface area contributed by atoms with E-state index in [4.69, 9.17) is 5.73 Å². The minimum atomic E-state index is 0.657. The number of fused-ring (bicyclic) bond motifs is 1. The summed E-state index contributed by atoms with van der Waals surface area (Å²) < 4.78 is 1.72. The maximum atomic E-state index is 5.80. The van der Waals surface area contributed by atoms with Crippen LogP contribution in [-0.2, 0) is 12.8 Å². The highest BCUT2D eigenvalue weighted by Gasteiger charge is 2.14. The van der Waals surface area contributed by atoms with E-state index in [9.17, 15) is 0 Å². The summed E-state index contributed by atoms with van der Waals surface area (Å²) in [5.74, 6) is 1.47. The number of aromatic nitrogens is 4. The molecule has 1 aromatic carbocycles. The normalized spacial score (nSPS) is 13.3. The first-order valence-electron chi connectivity index (χ1n) is 7.06. The maximum Gasteiger partial charge on any atom is 0.181 e. The maximum absolute atomic E-state index is 5.80. The topological polar surface area (TPSA) is 69.6 Å². The number of anilines is 1. The summed E-state index contributed by atoms with van der Waals surface area (Å²) in [5, 5.41) is 4.50. The Labute approximate surface area is 122 Å². The molecule has 3 aromatic rings. The van der Waals surface area contributed by atoms with Crippen LogP contribution < -0.4 is 5.73 Å². The molecule has 0 unspecified atom stereocenters. The van der Waals surface area contributed by atoms with Gasteiger partial charge < -0.3 is 5.73 Å². The highest BCUT2D eigenvalue weighted by Crippen LogP contribution is 2.22. The van der Waals surface area contributed by atoms with Gasteiger partial charge in [0.2, 0.25) is 0 Å². The molecule has 0 radical (unpaired) electrons. The van der Waals surface area contributed by atoms with Crippen molar-refractivity contribution >= 4 is 5.69 Å². The molecule has 104 valence electrons. The van der Waals surface area contributed by atoms with Crippen LogP contribution in [0.25, 0.3) is 17.2 Å². The van der Waals surface area contributed by atoms with E-state index in [0.717, 1.165) is 24.2 Å². The molecule has 0 bridgehead atoms. The van der Waals surface area contributed by atoms with E-state index in [0.29, 0.717) is 11.5 Å². The molecule has 0 aliphatic heterocycles. The quantitative estimate of drug-likeness (QED) is 0.730. The van der Waals surface area contributed by atoms with Crippen LogP contribution in [0.2, 0.25) is 0 Å². The van der Waals surface area contributed by atoms with E-state index in [1.54, 1.807) is 11.0 Å². The summed E-state index contributed by atoms with van der Waals surface area (Å²) in [7, 11) is 0. The van der Waals surface area contributed by atoms with Crippen LogP contribution in [0.15, 0.2) is 42.7 Å². The number of pyridine rings is 1. The lowest BCUT2D eigenvalue weighted by atomic mass is 10.2. The Morgan fingerprint density at radius 3 is 2.95 bits per heavy atom. The first kappa shape index (κ1) is 12.1. The average molecular weight is 277 g/mol. The van der Waals surface area contributed by atoms with E-state index in [2.05, 4.69) is 21.1 Å². The number of aryl methyl sites for hydroxylation is 2. The van der Waals surface area contributed by atoms with Crippen molar-refractivity contribution in [1.29, 1.82) is 0 Å². The van der Waals surface area contributed by atoms with Gasteiger partial charge in [-0.25, -0.2) is 14.6 Å². The zero-order valence-corrected chi connectivity index (χ0v) is 11.5. The van der Waals surface area contributed by atoms with Gasteiger partial charge in [-0.2, -0.15) is 0 Å². The third kappa shape index (κ3) is 2.16. The zero-order valence-electron chi connectivity index (χ0n) is 11.5. The monoisotopic (exact) mass is 277 g/mol. The number of hydrogen-bond donors (Lipinski definition) is 1. The van der Waals surface area contributed by atoms with Crippen molar-refractivity contribution in [2.24, 2.45) is 0 Å². The van der Waals surface area contributed by atoms with Gasteiger partial charge in [0.15, 0.2) is 11.6 Å². The van der Waals surface area contributed by atoms with E-state index < -0.39 is 0 Å². The third-order valence-corrected chi connectivity index (χ3v) is 3.78. The van der Waals surface area contributed by atoms with Gasteiger partial charge in [-0.15, -0.1) is 5.10 Å². The predicted octanol–water partition coefficient (Wildman–Crippen LogP) is 2.40. The number of nitrogen functional groups attached to an aromatic ring is 1. The van der Waals surface area contributed by atoms with Gasteiger partial charge in [-0.05, 0) is 43.0 Å². The first-order chi connectivity index (χ1) is 10.3. The van der Waals surface area contributed by atoms with Gasteiger partial charge in [0.05, 0.1) is 0 Å². The molecule has 2 aromatic heterocycles. The van der Waals surface area contributed by atoms with E-state index in [1.165, 1.54) is 17.7 Å². The Morgan fingerprint density at radius 1 is 1.10 bits per heavy atom. The molecule has 0 amide bonds. The van der Waals surface area contributed by atoms with Crippen molar-refractivity contribution < 1.29 is 0 Å². The molecule has 21 heavy (non-hydrogen) atoms. The van der Waals surface area contributed by atoms with Crippen LogP contribution >= 0.6 is 0 Å². The summed E-state index contributed by atoms with van der Waals surface area (Å²) in [6.45, 7) is 0. The molecule has 0 saturated carbocycles. The summed E-state index contributed by atoms with van der Waals surface area (Å²) >= 11 is 0. The molecular formula is C16H15N5. The minimum absolute atomic E-state index is 0.657. The van der Waals surface area contributed by atoms with Crippen LogP contribution in [-0.4, -0.2) is 19.7 Å². The van der Waals surface area contributed by atoms with Crippen LogP contribution in [0.1, 0.15) is 17.7 Å². The largest absolute Gasteiger partial charge is 0.399 e. The minimum Gasteiger partial charge on any atom is -0.399 e. The average Bonchev–Trinajstić information content (AvgIpc) is 3.15. The fraction of sp³-hybridized carbons (Fsp3) is 0.188. The van der Waals surface area contributed by atoms with Crippen LogP contribution in [0, 0.1) is 0 Å². The second kappa shape index (κ2) is 4.70. The van der Waals surface area contributed by atoms with Gasteiger partial charge in [-0.3, -0.25) is 0 Å². The summed E-state index contributed by atoms with van der Waals surface area (Å²) in [6.07, 6.45) is 5.08. The molecule has 0 fully saturated rings. The molecule has 5 heteroatoms. The number of rotatable bonds is 2. The fourth-order valence-electron chi connectivity index (χ4n) is 2.72. The summed E-state index contributed by atoms with van der Waals surface area (Å²) in [5.41, 5.74) is 9.97. The smallest absolute Gasteiger partial charge is 0.181 e. The second-order valence-corrected chi connectivity index (χ2v) is 5.27. The van der Waals surface area contributed by atoms with Crippen molar-refractivity contribution in [1.82, 2.24) is 19.7 Å². The summed E-state index contributed by atoms with van der Waals surface area (Å²) in [4.78, 5) is 9.04. The van der Waals surface area contributed by atoms with E-state index in [1.807, 2.05) is 30.3 Å². The van der Waals surface area contributed by atoms with Crippen LogP contribution in [0.3, 0.4) is 0 Å². The molecule has 4 rings (SSSR count). The highest BCUT2D eigenvalue weighted by molar-refractivity contribution is 5.60. The molecule has 1 aliphatic rings. The molecule has 0 spiro atoms. The van der Waals surface area contributed by atoms with Gasteiger partial charge >= 0.3 is 0 Å². The van der Waals surface area contributed by atoms with E-state index in [-0.39, 0.29) is 0 Å². The molecule has 5 nitrogen and oxygen atoms in total. The highest BCUT2D eigenvalue weighted by atomic mass is 15.4. The Bertz CT molecular complexity index is 806. The number of hydrogen-bond acceptors (Lipinski definition) is 4. The Balaban J connectivity index is 1.71. The van der Waals surface area contributed by atoms with Crippen LogP contribution in [0.4, 0.5) is 5.69 Å². The van der Waals surface area contributed by atoms with Gasteiger partial charge in [0.1, 0.15) is 6.33 Å². The number of benzene rings is 1. The number of nitrogens with two attached hydrogens (primary N) is 1. The Kier molecular flexibility index (Phi) is 2.70. The van der Waals surface area contributed by atoms with Crippen LogP contribution in [0.5, 0.6) is 0 Å². The van der Waals surface area contributed by atoms with Crippen molar-refractivity contribution in [3.63, 3.8) is 0 Å². The lowest BCUT2D eigenvalue weighted by Crippen LogP contribution is -2.01. The molecule has 2 heterocycles. The van der Waals surface area contributed by atoms with E-state index >= 15 is 0 Å². The Hall–Kier alpha value is -2.69. The number of nitrogens with zero attached hydrogens (tertiary/aromatic N) is 4. The molecular weight excluding hydrogens is 262 g/mol. The van der Waals surface area contributed by atoms with Crippen molar-refractivity contribution in [3.05, 3.63) is 54.0 Å². The lowest BCUT2D eigenvalue weighted by molar-refractivity contribution is 0.832.